The SMILES string of the molecule is COC(=O)CC1CSCCN1C(=O)c1ccc(C(C)C)cc1. The fourth-order valence-corrected chi connectivity index (χ4v) is 3.61. The molecule has 1 aromatic rings. The summed E-state index contributed by atoms with van der Waals surface area (Å²) in [6.07, 6.45) is 0.263. The number of hydrogen-bond donors (Lipinski definition) is 0. The van der Waals surface area contributed by atoms with Gasteiger partial charge in [0.15, 0.2) is 0 Å². The molecule has 5 heteroatoms. The summed E-state index contributed by atoms with van der Waals surface area (Å²) in [5, 5.41) is 0. The lowest BCUT2D eigenvalue weighted by atomic mass is 10.0. The fraction of sp³-hybridized carbons (Fsp3) is 0.529. The van der Waals surface area contributed by atoms with Gasteiger partial charge in [0.25, 0.3) is 5.91 Å². The molecule has 2 rings (SSSR count). The average Bonchev–Trinajstić information content (AvgIpc) is 2.54. The second kappa shape index (κ2) is 7.68. The predicted molar refractivity (Wildman–Crippen MR) is 89.3 cm³/mol. The minimum absolute atomic E-state index is 0.00418. The molecule has 22 heavy (non-hydrogen) atoms. The lowest BCUT2D eigenvalue weighted by Gasteiger charge is -2.35. The Bertz CT molecular complexity index is 527. The van der Waals surface area contributed by atoms with Crippen LogP contribution in [-0.4, -0.2) is 48.0 Å². The van der Waals surface area contributed by atoms with Gasteiger partial charge >= 0.3 is 5.97 Å². The van der Waals surface area contributed by atoms with E-state index in [1.165, 1.54) is 12.7 Å². The molecule has 1 saturated heterocycles. The first kappa shape index (κ1) is 16.9. The molecule has 0 aromatic heterocycles. The van der Waals surface area contributed by atoms with Crippen molar-refractivity contribution in [2.75, 3.05) is 25.2 Å². The second-order valence-corrected chi connectivity index (χ2v) is 6.93. The molecule has 1 aromatic carbocycles. The zero-order valence-electron chi connectivity index (χ0n) is 13.4. The van der Waals surface area contributed by atoms with Gasteiger partial charge < -0.3 is 9.64 Å². The lowest BCUT2D eigenvalue weighted by molar-refractivity contribution is -0.141. The van der Waals surface area contributed by atoms with Crippen LogP contribution < -0.4 is 0 Å². The Balaban J connectivity index is 2.12. The predicted octanol–water partition coefficient (Wildman–Crippen LogP) is 2.93. The first-order valence-electron chi connectivity index (χ1n) is 7.58. The number of ether oxygens (including phenoxy) is 1. The van der Waals surface area contributed by atoms with Crippen LogP contribution in [-0.2, 0) is 9.53 Å². The Kier molecular flexibility index (Phi) is 5.89. The Morgan fingerprint density at radius 2 is 2.00 bits per heavy atom. The van der Waals surface area contributed by atoms with Gasteiger partial charge in [-0.05, 0) is 23.6 Å². The minimum atomic E-state index is -0.263. The highest BCUT2D eigenvalue weighted by molar-refractivity contribution is 7.99. The molecule has 1 unspecified atom stereocenters. The summed E-state index contributed by atoms with van der Waals surface area (Å²) in [7, 11) is 1.38. The van der Waals surface area contributed by atoms with Crippen LogP contribution in [0.4, 0.5) is 0 Å². The smallest absolute Gasteiger partial charge is 0.307 e. The first-order chi connectivity index (χ1) is 10.5. The number of amides is 1. The molecule has 1 heterocycles. The van der Waals surface area contributed by atoms with Crippen LogP contribution in [0.2, 0.25) is 0 Å². The van der Waals surface area contributed by atoms with E-state index in [1.54, 1.807) is 11.8 Å². The third kappa shape index (κ3) is 4.03. The summed E-state index contributed by atoms with van der Waals surface area (Å²) in [6, 6.07) is 7.70. The molecule has 0 saturated carbocycles. The van der Waals surface area contributed by atoms with Crippen molar-refractivity contribution in [3.63, 3.8) is 0 Å². The number of carbonyl (C=O) groups is 2. The highest BCUT2D eigenvalue weighted by Gasteiger charge is 2.29. The molecule has 120 valence electrons. The van der Waals surface area contributed by atoms with Crippen molar-refractivity contribution in [2.24, 2.45) is 0 Å². The van der Waals surface area contributed by atoms with Crippen LogP contribution in [0.5, 0.6) is 0 Å². The van der Waals surface area contributed by atoms with Crippen LogP contribution in [0, 0.1) is 0 Å². The first-order valence-corrected chi connectivity index (χ1v) is 8.74. The molecule has 1 aliphatic heterocycles. The van der Waals surface area contributed by atoms with Gasteiger partial charge in [-0.25, -0.2) is 0 Å². The van der Waals surface area contributed by atoms with E-state index in [0.717, 1.165) is 11.5 Å². The molecule has 0 radical (unpaired) electrons. The molecule has 1 atom stereocenters. The maximum absolute atomic E-state index is 12.7. The van der Waals surface area contributed by atoms with Gasteiger partial charge in [-0.1, -0.05) is 26.0 Å². The Hall–Kier alpha value is -1.49. The normalized spacial score (nSPS) is 18.4. The van der Waals surface area contributed by atoms with E-state index in [2.05, 4.69) is 13.8 Å². The van der Waals surface area contributed by atoms with Gasteiger partial charge in [0.1, 0.15) is 0 Å². The monoisotopic (exact) mass is 321 g/mol. The summed E-state index contributed by atoms with van der Waals surface area (Å²) in [5.74, 6) is 1.88. The quantitative estimate of drug-likeness (QED) is 0.800. The van der Waals surface area contributed by atoms with Gasteiger partial charge in [-0.2, -0.15) is 11.8 Å². The largest absolute Gasteiger partial charge is 0.469 e. The van der Waals surface area contributed by atoms with E-state index in [1.807, 2.05) is 29.2 Å². The number of esters is 1. The van der Waals surface area contributed by atoms with E-state index in [9.17, 15) is 9.59 Å². The fourth-order valence-electron chi connectivity index (χ4n) is 2.54. The zero-order valence-corrected chi connectivity index (χ0v) is 14.2. The Morgan fingerprint density at radius 1 is 1.32 bits per heavy atom. The molecular formula is C17H23NO3S. The average molecular weight is 321 g/mol. The van der Waals surface area contributed by atoms with E-state index in [4.69, 9.17) is 4.74 Å². The van der Waals surface area contributed by atoms with E-state index in [-0.39, 0.29) is 24.3 Å². The molecule has 0 spiro atoms. The third-order valence-corrected chi connectivity index (χ3v) is 5.03. The molecule has 4 nitrogen and oxygen atoms in total. The van der Waals surface area contributed by atoms with Crippen LogP contribution in [0.15, 0.2) is 24.3 Å². The van der Waals surface area contributed by atoms with Crippen molar-refractivity contribution >= 4 is 23.6 Å². The summed E-state index contributed by atoms with van der Waals surface area (Å²) in [5.41, 5.74) is 1.91. The molecule has 1 amide bonds. The molecule has 1 aliphatic rings. The van der Waals surface area contributed by atoms with Gasteiger partial charge in [0.05, 0.1) is 19.6 Å². The number of thioether (sulfide) groups is 1. The number of rotatable bonds is 4. The number of hydrogen-bond acceptors (Lipinski definition) is 4. The maximum atomic E-state index is 12.7. The maximum Gasteiger partial charge on any atom is 0.307 e. The summed E-state index contributed by atoms with van der Waals surface area (Å²) in [6.45, 7) is 4.94. The van der Waals surface area contributed by atoms with Gasteiger partial charge in [-0.3, -0.25) is 9.59 Å². The van der Waals surface area contributed by atoms with Crippen LogP contribution in [0.3, 0.4) is 0 Å². The third-order valence-electron chi connectivity index (χ3n) is 3.94. The standard InChI is InChI=1S/C17H23NO3S/c1-12(2)13-4-6-14(7-5-13)17(20)18-8-9-22-11-15(18)10-16(19)21-3/h4-7,12,15H,8-11H2,1-3H3. The van der Waals surface area contributed by atoms with Crippen LogP contribution in [0.1, 0.15) is 42.1 Å². The highest BCUT2D eigenvalue weighted by Crippen LogP contribution is 2.22. The van der Waals surface area contributed by atoms with E-state index in [0.29, 0.717) is 18.0 Å². The van der Waals surface area contributed by atoms with Crippen molar-refractivity contribution in [2.45, 2.75) is 32.2 Å². The number of nitrogens with zero attached hydrogens (tertiary/aromatic N) is 1. The molecular weight excluding hydrogens is 298 g/mol. The Morgan fingerprint density at radius 3 is 2.59 bits per heavy atom. The van der Waals surface area contributed by atoms with Crippen molar-refractivity contribution in [1.29, 1.82) is 0 Å². The minimum Gasteiger partial charge on any atom is -0.469 e. The number of carbonyl (C=O) groups excluding carboxylic acids is 2. The summed E-state index contributed by atoms with van der Waals surface area (Å²) in [4.78, 5) is 26.1. The van der Waals surface area contributed by atoms with Crippen molar-refractivity contribution in [1.82, 2.24) is 4.90 Å². The zero-order chi connectivity index (χ0) is 16.1. The highest BCUT2D eigenvalue weighted by atomic mass is 32.2. The number of benzene rings is 1. The topological polar surface area (TPSA) is 46.6 Å². The van der Waals surface area contributed by atoms with Gasteiger partial charge in [-0.15, -0.1) is 0 Å². The molecule has 0 bridgehead atoms. The van der Waals surface area contributed by atoms with Gasteiger partial charge in [0, 0.05) is 23.6 Å². The molecule has 0 N–H and O–H groups in total. The van der Waals surface area contributed by atoms with Crippen molar-refractivity contribution < 1.29 is 14.3 Å². The summed E-state index contributed by atoms with van der Waals surface area (Å²) < 4.78 is 4.74. The van der Waals surface area contributed by atoms with Crippen molar-refractivity contribution in [3.05, 3.63) is 35.4 Å². The summed E-state index contributed by atoms with van der Waals surface area (Å²) >= 11 is 1.78. The van der Waals surface area contributed by atoms with Crippen LogP contribution >= 0.6 is 11.8 Å². The molecule has 0 aliphatic carbocycles. The van der Waals surface area contributed by atoms with Crippen molar-refractivity contribution in [3.8, 4) is 0 Å². The number of methoxy groups -OCH3 is 1. The second-order valence-electron chi connectivity index (χ2n) is 5.78. The van der Waals surface area contributed by atoms with Crippen LogP contribution in [0.25, 0.3) is 0 Å². The van der Waals surface area contributed by atoms with E-state index >= 15 is 0 Å². The van der Waals surface area contributed by atoms with Gasteiger partial charge in [0.2, 0.25) is 0 Å². The molecule has 1 fully saturated rings. The lowest BCUT2D eigenvalue weighted by Crippen LogP contribution is -2.47. The van der Waals surface area contributed by atoms with E-state index < -0.39 is 0 Å². The Labute approximate surface area is 136 Å².